The van der Waals surface area contributed by atoms with E-state index in [4.69, 9.17) is 4.42 Å². The van der Waals surface area contributed by atoms with Crippen LogP contribution < -0.4 is 5.32 Å². The van der Waals surface area contributed by atoms with Gasteiger partial charge in [0.2, 0.25) is 11.8 Å². The van der Waals surface area contributed by atoms with Crippen LogP contribution in [0.1, 0.15) is 5.56 Å². The molecule has 1 amide bonds. The summed E-state index contributed by atoms with van der Waals surface area (Å²) in [6.07, 6.45) is 0. The Morgan fingerprint density at radius 2 is 1.84 bits per heavy atom. The van der Waals surface area contributed by atoms with E-state index in [-0.39, 0.29) is 11.7 Å². The van der Waals surface area contributed by atoms with Crippen molar-refractivity contribution in [2.24, 2.45) is 0 Å². The summed E-state index contributed by atoms with van der Waals surface area (Å²) in [5.41, 5.74) is 3.91. The van der Waals surface area contributed by atoms with Crippen LogP contribution in [-0.2, 0) is 4.79 Å². The molecular weight excluding hydrogens is 440 g/mol. The summed E-state index contributed by atoms with van der Waals surface area (Å²) in [6.45, 7) is 2.04. The number of carbonyl (C=O) groups is 1. The lowest BCUT2D eigenvalue weighted by molar-refractivity contribution is -0.113. The summed E-state index contributed by atoms with van der Waals surface area (Å²) in [5, 5.41) is 16.1. The van der Waals surface area contributed by atoms with Crippen LogP contribution in [0, 0.1) is 6.92 Å². The van der Waals surface area contributed by atoms with Gasteiger partial charge in [0, 0.05) is 16.5 Å². The highest BCUT2D eigenvalue weighted by molar-refractivity contribution is 7.99. The number of thioether (sulfide) groups is 1. The molecule has 0 atom stereocenters. The molecule has 0 spiro atoms. The molecular formula is C24H18N4O2S2. The Hall–Kier alpha value is -3.49. The van der Waals surface area contributed by atoms with Gasteiger partial charge in [-0.25, -0.2) is 4.98 Å². The molecule has 0 saturated heterocycles. The molecule has 0 saturated carbocycles. The minimum Gasteiger partial charge on any atom is -0.411 e. The molecule has 158 valence electrons. The molecule has 1 N–H and O–H groups in total. The van der Waals surface area contributed by atoms with Crippen molar-refractivity contribution in [1.82, 2.24) is 15.2 Å². The van der Waals surface area contributed by atoms with Crippen LogP contribution in [-0.4, -0.2) is 26.8 Å². The van der Waals surface area contributed by atoms with E-state index < -0.39 is 0 Å². The van der Waals surface area contributed by atoms with Crippen molar-refractivity contribution >= 4 is 44.9 Å². The van der Waals surface area contributed by atoms with Gasteiger partial charge in [-0.3, -0.25) is 4.79 Å². The Kier molecular flexibility index (Phi) is 5.70. The van der Waals surface area contributed by atoms with Crippen LogP contribution in [0.25, 0.3) is 33.5 Å². The quantitative estimate of drug-likeness (QED) is 0.312. The molecule has 2 aromatic heterocycles. The molecule has 0 bridgehead atoms. The standard InChI is InChI=1S/C24H18N4O2S2/c1-15-6-2-5-9-19(15)20-13-31-23(25-20)26-21(29)14-32-24-28-27-22(30-24)18-11-10-16-7-3-4-8-17(16)12-18/h2-13H,14H2,1H3,(H,25,26,29). The highest BCUT2D eigenvalue weighted by Crippen LogP contribution is 2.28. The van der Waals surface area contributed by atoms with Gasteiger partial charge in [-0.2, -0.15) is 0 Å². The summed E-state index contributed by atoms with van der Waals surface area (Å²) in [6, 6.07) is 22.1. The Labute approximate surface area is 192 Å². The van der Waals surface area contributed by atoms with E-state index in [9.17, 15) is 4.79 Å². The van der Waals surface area contributed by atoms with Crippen molar-refractivity contribution in [2.45, 2.75) is 12.1 Å². The molecule has 5 aromatic rings. The van der Waals surface area contributed by atoms with Crippen molar-refractivity contribution in [1.29, 1.82) is 0 Å². The molecule has 0 aliphatic heterocycles. The fraction of sp³-hybridized carbons (Fsp3) is 0.0833. The summed E-state index contributed by atoms with van der Waals surface area (Å²) in [7, 11) is 0. The molecule has 0 aliphatic carbocycles. The first-order valence-electron chi connectivity index (χ1n) is 9.92. The number of nitrogens with zero attached hydrogens (tertiary/aromatic N) is 3. The van der Waals surface area contributed by atoms with Crippen molar-refractivity contribution in [3.63, 3.8) is 0 Å². The molecule has 6 nitrogen and oxygen atoms in total. The summed E-state index contributed by atoms with van der Waals surface area (Å²) >= 11 is 2.60. The van der Waals surface area contributed by atoms with Gasteiger partial charge in [0.25, 0.3) is 5.22 Å². The molecule has 0 radical (unpaired) electrons. The van der Waals surface area contributed by atoms with Crippen molar-refractivity contribution in [2.75, 3.05) is 11.1 Å². The van der Waals surface area contributed by atoms with Crippen LogP contribution in [0.2, 0.25) is 0 Å². The molecule has 0 unspecified atom stereocenters. The first kappa shape index (κ1) is 20.4. The smallest absolute Gasteiger partial charge is 0.277 e. The Morgan fingerprint density at radius 1 is 1.03 bits per heavy atom. The second-order valence-corrected chi connectivity index (χ2v) is 8.91. The maximum atomic E-state index is 12.4. The van der Waals surface area contributed by atoms with Crippen molar-refractivity contribution in [3.05, 3.63) is 77.7 Å². The molecule has 2 heterocycles. The predicted molar refractivity (Wildman–Crippen MR) is 129 cm³/mol. The van der Waals surface area contributed by atoms with E-state index >= 15 is 0 Å². The van der Waals surface area contributed by atoms with Crippen LogP contribution >= 0.6 is 23.1 Å². The Bertz CT molecular complexity index is 1410. The summed E-state index contributed by atoms with van der Waals surface area (Å²) < 4.78 is 5.74. The average Bonchev–Trinajstić information content (AvgIpc) is 3.48. The maximum Gasteiger partial charge on any atom is 0.277 e. The average molecular weight is 459 g/mol. The predicted octanol–water partition coefficient (Wildman–Crippen LogP) is 6.05. The number of thiazole rings is 1. The largest absolute Gasteiger partial charge is 0.411 e. The zero-order valence-electron chi connectivity index (χ0n) is 17.1. The molecule has 32 heavy (non-hydrogen) atoms. The topological polar surface area (TPSA) is 80.9 Å². The highest BCUT2D eigenvalue weighted by Gasteiger charge is 2.13. The summed E-state index contributed by atoms with van der Waals surface area (Å²) in [4.78, 5) is 16.9. The first-order valence-corrected chi connectivity index (χ1v) is 11.8. The number of carbonyl (C=O) groups excluding carboxylic acids is 1. The van der Waals surface area contributed by atoms with Crippen LogP contribution in [0.5, 0.6) is 0 Å². The second-order valence-electron chi connectivity index (χ2n) is 7.12. The number of benzene rings is 3. The van der Waals surface area contributed by atoms with Gasteiger partial charge in [0.15, 0.2) is 5.13 Å². The number of nitrogens with one attached hydrogen (secondary N) is 1. The Balaban J connectivity index is 1.21. The fourth-order valence-electron chi connectivity index (χ4n) is 3.30. The number of aromatic nitrogens is 3. The molecule has 0 fully saturated rings. The Morgan fingerprint density at radius 3 is 2.72 bits per heavy atom. The van der Waals surface area contributed by atoms with Gasteiger partial charge in [-0.15, -0.1) is 21.5 Å². The number of anilines is 1. The number of fused-ring (bicyclic) bond motifs is 1. The van der Waals surface area contributed by atoms with Gasteiger partial charge >= 0.3 is 0 Å². The second kappa shape index (κ2) is 8.94. The fourth-order valence-corrected chi connectivity index (χ4v) is 4.59. The normalized spacial score (nSPS) is 11.0. The van der Waals surface area contributed by atoms with Gasteiger partial charge in [0.1, 0.15) is 0 Å². The third-order valence-corrected chi connectivity index (χ3v) is 6.48. The van der Waals surface area contributed by atoms with Gasteiger partial charge < -0.3 is 9.73 Å². The minimum absolute atomic E-state index is 0.151. The lowest BCUT2D eigenvalue weighted by atomic mass is 10.1. The summed E-state index contributed by atoms with van der Waals surface area (Å²) in [5.74, 6) is 0.408. The number of rotatable bonds is 6. The van der Waals surface area contributed by atoms with Crippen LogP contribution in [0.15, 0.2) is 81.8 Å². The van der Waals surface area contributed by atoms with Gasteiger partial charge in [-0.1, -0.05) is 66.4 Å². The van der Waals surface area contributed by atoms with Crippen LogP contribution in [0.4, 0.5) is 5.13 Å². The van der Waals surface area contributed by atoms with E-state index in [1.54, 1.807) is 0 Å². The first-order chi connectivity index (χ1) is 15.7. The third-order valence-electron chi connectivity index (χ3n) is 4.90. The molecule has 0 aliphatic rings. The van der Waals surface area contributed by atoms with E-state index in [0.29, 0.717) is 16.2 Å². The van der Waals surface area contributed by atoms with Gasteiger partial charge in [-0.05, 0) is 35.4 Å². The molecule has 3 aromatic carbocycles. The highest BCUT2D eigenvalue weighted by atomic mass is 32.2. The third kappa shape index (κ3) is 4.42. The zero-order valence-corrected chi connectivity index (χ0v) is 18.7. The maximum absolute atomic E-state index is 12.4. The SMILES string of the molecule is Cc1ccccc1-c1csc(NC(=O)CSc2nnc(-c3ccc4ccccc4c3)o2)n1. The van der Waals surface area contributed by atoms with Gasteiger partial charge in [0.05, 0.1) is 11.4 Å². The lowest BCUT2D eigenvalue weighted by Crippen LogP contribution is -2.13. The number of hydrogen-bond acceptors (Lipinski definition) is 7. The number of aryl methyl sites for hydroxylation is 1. The zero-order chi connectivity index (χ0) is 21.9. The van der Waals surface area contributed by atoms with Crippen molar-refractivity contribution in [3.8, 4) is 22.7 Å². The lowest BCUT2D eigenvalue weighted by Gasteiger charge is -2.01. The molecule has 8 heteroatoms. The van der Waals surface area contributed by atoms with Crippen LogP contribution in [0.3, 0.4) is 0 Å². The van der Waals surface area contributed by atoms with E-state index in [0.717, 1.165) is 33.2 Å². The monoisotopic (exact) mass is 458 g/mol. The number of hydrogen-bond donors (Lipinski definition) is 1. The minimum atomic E-state index is -0.175. The van der Waals surface area contributed by atoms with E-state index in [1.165, 1.54) is 23.1 Å². The van der Waals surface area contributed by atoms with E-state index in [1.807, 2.05) is 73.0 Å². The molecule has 5 rings (SSSR count). The number of amides is 1. The van der Waals surface area contributed by atoms with Crippen molar-refractivity contribution < 1.29 is 9.21 Å². The van der Waals surface area contributed by atoms with E-state index in [2.05, 4.69) is 26.6 Å².